The van der Waals surface area contributed by atoms with Crippen molar-refractivity contribution in [2.24, 2.45) is 0 Å². The van der Waals surface area contributed by atoms with Gasteiger partial charge in [0.2, 0.25) is 10.0 Å². The molecule has 15 heavy (non-hydrogen) atoms. The van der Waals surface area contributed by atoms with Crippen molar-refractivity contribution in [3.05, 3.63) is 33.9 Å². The van der Waals surface area contributed by atoms with Crippen molar-refractivity contribution >= 4 is 21.4 Å². The van der Waals surface area contributed by atoms with E-state index in [-0.39, 0.29) is 11.4 Å². The summed E-state index contributed by atoms with van der Waals surface area (Å²) >= 11 is 0. The Morgan fingerprint density at radius 2 is 2.00 bits per heavy atom. The highest BCUT2D eigenvalue weighted by Crippen LogP contribution is 2.25. The summed E-state index contributed by atoms with van der Waals surface area (Å²) in [5.41, 5.74) is 0.420. The van der Waals surface area contributed by atoms with E-state index in [0.717, 1.165) is 6.26 Å². The molecule has 0 aliphatic heterocycles. The van der Waals surface area contributed by atoms with Gasteiger partial charge in [-0.15, -0.1) is 0 Å². The van der Waals surface area contributed by atoms with E-state index < -0.39 is 14.9 Å². The quantitative estimate of drug-likeness (QED) is 0.625. The lowest BCUT2D eigenvalue weighted by Crippen LogP contribution is -2.11. The van der Waals surface area contributed by atoms with Crippen LogP contribution in [0.25, 0.3) is 0 Å². The molecule has 0 unspecified atom stereocenters. The fraction of sp³-hybridized carbons (Fsp3) is 0.250. The third kappa shape index (κ3) is 2.91. The highest BCUT2D eigenvalue weighted by Gasteiger charge is 2.14. The second-order valence-corrected chi connectivity index (χ2v) is 4.83. The van der Waals surface area contributed by atoms with Crippen LogP contribution < -0.4 is 4.72 Å². The summed E-state index contributed by atoms with van der Waals surface area (Å²) in [6.07, 6.45) is 0.991. The molecule has 0 radical (unpaired) electrons. The summed E-state index contributed by atoms with van der Waals surface area (Å²) in [4.78, 5) is 10.0. The van der Waals surface area contributed by atoms with E-state index in [2.05, 4.69) is 4.72 Å². The lowest BCUT2D eigenvalue weighted by molar-refractivity contribution is -0.385. The summed E-state index contributed by atoms with van der Waals surface area (Å²) < 4.78 is 24.1. The van der Waals surface area contributed by atoms with Crippen molar-refractivity contribution in [3.63, 3.8) is 0 Å². The minimum absolute atomic E-state index is 0.108. The molecule has 0 aliphatic rings. The summed E-state index contributed by atoms with van der Waals surface area (Å²) in [7, 11) is -3.41. The molecule has 1 rings (SSSR count). The molecule has 7 heteroatoms. The van der Waals surface area contributed by atoms with Crippen molar-refractivity contribution in [2.45, 2.75) is 6.92 Å². The normalized spacial score (nSPS) is 11.1. The van der Waals surface area contributed by atoms with Crippen molar-refractivity contribution in [2.75, 3.05) is 11.0 Å². The molecule has 0 bridgehead atoms. The average Bonchev–Trinajstić information content (AvgIpc) is 2.05. The van der Waals surface area contributed by atoms with Gasteiger partial charge in [-0.1, -0.05) is 6.07 Å². The van der Waals surface area contributed by atoms with Crippen molar-refractivity contribution < 1.29 is 13.3 Å². The molecular formula is C8H10N2O4S. The van der Waals surface area contributed by atoms with Crippen LogP contribution >= 0.6 is 0 Å². The van der Waals surface area contributed by atoms with Gasteiger partial charge in [0, 0.05) is 6.07 Å². The zero-order valence-electron chi connectivity index (χ0n) is 8.22. The van der Waals surface area contributed by atoms with E-state index in [9.17, 15) is 18.5 Å². The van der Waals surface area contributed by atoms with Crippen LogP contribution in [0.1, 0.15) is 5.56 Å². The fourth-order valence-corrected chi connectivity index (χ4v) is 1.75. The zero-order valence-corrected chi connectivity index (χ0v) is 9.04. The molecule has 0 atom stereocenters. The van der Waals surface area contributed by atoms with Gasteiger partial charge in [-0.3, -0.25) is 14.8 Å². The lowest BCUT2D eigenvalue weighted by Gasteiger charge is -2.06. The first-order valence-electron chi connectivity index (χ1n) is 4.03. The standard InChI is InChI=1S/C8H10N2O4S/c1-6-7(9-15(2,13)14)4-3-5-8(6)10(11)12/h3-5,9H,1-2H3. The number of nitrogens with zero attached hydrogens (tertiary/aromatic N) is 1. The number of nitro groups is 1. The highest BCUT2D eigenvalue weighted by molar-refractivity contribution is 7.92. The van der Waals surface area contributed by atoms with Gasteiger partial charge < -0.3 is 0 Å². The zero-order chi connectivity index (χ0) is 11.6. The largest absolute Gasteiger partial charge is 0.283 e. The number of rotatable bonds is 3. The smallest absolute Gasteiger partial charge is 0.274 e. The van der Waals surface area contributed by atoms with Crippen LogP contribution in [0.2, 0.25) is 0 Å². The van der Waals surface area contributed by atoms with Crippen LogP contribution in [-0.2, 0) is 10.0 Å². The summed E-state index contributed by atoms with van der Waals surface area (Å²) in [6, 6.07) is 4.23. The van der Waals surface area contributed by atoms with Crippen molar-refractivity contribution in [1.29, 1.82) is 0 Å². The van der Waals surface area contributed by atoms with Gasteiger partial charge in [0.05, 0.1) is 22.4 Å². The van der Waals surface area contributed by atoms with Crippen molar-refractivity contribution in [1.82, 2.24) is 0 Å². The Morgan fingerprint density at radius 1 is 1.40 bits per heavy atom. The monoisotopic (exact) mass is 230 g/mol. The molecule has 0 amide bonds. The van der Waals surface area contributed by atoms with E-state index in [0.29, 0.717) is 5.56 Å². The molecule has 0 heterocycles. The number of sulfonamides is 1. The first-order valence-corrected chi connectivity index (χ1v) is 5.92. The van der Waals surface area contributed by atoms with Gasteiger partial charge in [0.25, 0.3) is 5.69 Å². The van der Waals surface area contributed by atoms with Crippen LogP contribution in [0.3, 0.4) is 0 Å². The predicted octanol–water partition coefficient (Wildman–Crippen LogP) is 1.27. The second-order valence-electron chi connectivity index (χ2n) is 3.08. The van der Waals surface area contributed by atoms with Gasteiger partial charge in [-0.2, -0.15) is 0 Å². The van der Waals surface area contributed by atoms with Gasteiger partial charge in [-0.25, -0.2) is 8.42 Å². The topological polar surface area (TPSA) is 89.3 Å². The van der Waals surface area contributed by atoms with E-state index in [1.165, 1.54) is 25.1 Å². The third-order valence-electron chi connectivity index (χ3n) is 1.80. The Bertz CT molecular complexity index is 495. The third-order valence-corrected chi connectivity index (χ3v) is 2.39. The number of nitrogens with one attached hydrogen (secondary N) is 1. The first-order chi connectivity index (χ1) is 6.81. The molecule has 1 N–H and O–H groups in total. The molecule has 1 aromatic carbocycles. The van der Waals surface area contributed by atoms with E-state index >= 15 is 0 Å². The van der Waals surface area contributed by atoms with Crippen molar-refractivity contribution in [3.8, 4) is 0 Å². The van der Waals surface area contributed by atoms with E-state index in [4.69, 9.17) is 0 Å². The minimum atomic E-state index is -3.41. The van der Waals surface area contributed by atoms with Crippen LogP contribution in [0, 0.1) is 17.0 Å². The first kappa shape index (κ1) is 11.4. The molecule has 82 valence electrons. The maximum Gasteiger partial charge on any atom is 0.274 e. The number of benzene rings is 1. The van der Waals surface area contributed by atoms with Gasteiger partial charge >= 0.3 is 0 Å². The average molecular weight is 230 g/mol. The van der Waals surface area contributed by atoms with Gasteiger partial charge in [0.15, 0.2) is 0 Å². The Morgan fingerprint density at radius 3 is 2.47 bits per heavy atom. The lowest BCUT2D eigenvalue weighted by atomic mass is 10.2. The predicted molar refractivity (Wildman–Crippen MR) is 56.3 cm³/mol. The maximum absolute atomic E-state index is 11.0. The SMILES string of the molecule is Cc1c(NS(C)(=O)=O)cccc1[N+](=O)[O-]. The molecule has 0 aliphatic carbocycles. The summed E-state index contributed by atoms with van der Waals surface area (Å²) in [5.74, 6) is 0. The number of anilines is 1. The minimum Gasteiger partial charge on any atom is -0.283 e. The molecule has 0 fully saturated rings. The molecule has 6 nitrogen and oxygen atoms in total. The fourth-order valence-electron chi connectivity index (χ4n) is 1.13. The Kier molecular flexibility index (Phi) is 2.94. The molecule has 0 saturated carbocycles. The molecule has 0 aromatic heterocycles. The highest BCUT2D eigenvalue weighted by atomic mass is 32.2. The number of hydrogen-bond donors (Lipinski definition) is 1. The molecule has 1 aromatic rings. The summed E-state index contributed by atoms with van der Waals surface area (Å²) in [6.45, 7) is 1.49. The summed E-state index contributed by atoms with van der Waals surface area (Å²) in [5, 5.41) is 10.6. The van der Waals surface area contributed by atoms with Gasteiger partial charge in [-0.05, 0) is 13.0 Å². The maximum atomic E-state index is 11.0. The molecule has 0 saturated heterocycles. The van der Waals surface area contributed by atoms with E-state index in [1.54, 1.807) is 0 Å². The number of nitro benzene ring substituents is 1. The van der Waals surface area contributed by atoms with E-state index in [1.807, 2.05) is 0 Å². The molecular weight excluding hydrogens is 220 g/mol. The Labute approximate surface area is 87.1 Å². The second kappa shape index (κ2) is 3.85. The van der Waals surface area contributed by atoms with Crippen LogP contribution in [-0.4, -0.2) is 19.6 Å². The molecule has 0 spiro atoms. The Balaban J connectivity index is 3.22. The van der Waals surface area contributed by atoms with Crippen LogP contribution in [0.5, 0.6) is 0 Å². The van der Waals surface area contributed by atoms with Crippen LogP contribution in [0.15, 0.2) is 18.2 Å². The van der Waals surface area contributed by atoms with Crippen LogP contribution in [0.4, 0.5) is 11.4 Å². The van der Waals surface area contributed by atoms with Gasteiger partial charge in [0.1, 0.15) is 0 Å². The Hall–Kier alpha value is -1.63. The number of hydrogen-bond acceptors (Lipinski definition) is 4.